The third kappa shape index (κ3) is 3.19. The summed E-state index contributed by atoms with van der Waals surface area (Å²) in [5, 5.41) is 9.92. The second-order valence-corrected chi connectivity index (χ2v) is 6.68. The number of carbonyl (C=O) groups excluding carboxylic acids is 1. The minimum Gasteiger partial charge on any atom is -0.506 e. The molecule has 0 saturated heterocycles. The molecule has 0 aliphatic heterocycles. The quantitative estimate of drug-likeness (QED) is 0.470. The van der Waals surface area contributed by atoms with E-state index >= 15 is 0 Å². The van der Waals surface area contributed by atoms with E-state index in [0.717, 1.165) is 6.07 Å². The van der Waals surface area contributed by atoms with Crippen LogP contribution in [0.4, 0.5) is 5.69 Å². The maximum Gasteiger partial charge on any atom is 0.417 e. The van der Waals surface area contributed by atoms with Crippen LogP contribution in [-0.2, 0) is 14.8 Å². The van der Waals surface area contributed by atoms with E-state index in [1.54, 1.807) is 0 Å². The standard InChI is InChI=1S/C15H12N2O7S/c1-23-14(19)8-2-4-10(12(18)6-8)17-25(21,22)9-3-5-11-13(7-9)24-15(20)16-11/h2-7,17-18H,1H3,(H,16,20). The summed E-state index contributed by atoms with van der Waals surface area (Å²) in [6, 6.07) is 7.45. The number of hydrogen-bond donors (Lipinski definition) is 3. The molecule has 3 rings (SSSR count). The number of benzene rings is 2. The van der Waals surface area contributed by atoms with Crippen molar-refractivity contribution in [1.82, 2.24) is 4.98 Å². The molecule has 130 valence electrons. The van der Waals surface area contributed by atoms with Gasteiger partial charge in [0.25, 0.3) is 10.0 Å². The Labute approximate surface area is 140 Å². The van der Waals surface area contributed by atoms with Gasteiger partial charge in [-0.1, -0.05) is 0 Å². The minimum absolute atomic E-state index is 0.0680. The van der Waals surface area contributed by atoms with Crippen molar-refractivity contribution in [1.29, 1.82) is 0 Å². The molecular formula is C15H12N2O7S. The predicted octanol–water partition coefficient (Wildman–Crippen LogP) is 1.41. The Morgan fingerprint density at radius 2 is 2.00 bits per heavy atom. The van der Waals surface area contributed by atoms with Gasteiger partial charge in [-0.05, 0) is 30.3 Å². The van der Waals surface area contributed by atoms with Crippen molar-refractivity contribution in [3.63, 3.8) is 0 Å². The molecule has 1 aromatic heterocycles. The number of rotatable bonds is 4. The highest BCUT2D eigenvalue weighted by molar-refractivity contribution is 7.92. The number of hydrogen-bond acceptors (Lipinski definition) is 7. The second kappa shape index (κ2) is 5.98. The van der Waals surface area contributed by atoms with Crippen molar-refractivity contribution in [2.45, 2.75) is 4.90 Å². The lowest BCUT2D eigenvalue weighted by Gasteiger charge is -2.10. The zero-order valence-corrected chi connectivity index (χ0v) is 13.6. The lowest BCUT2D eigenvalue weighted by atomic mass is 10.2. The third-order valence-electron chi connectivity index (χ3n) is 3.37. The summed E-state index contributed by atoms with van der Waals surface area (Å²) >= 11 is 0. The molecule has 0 atom stereocenters. The summed E-state index contributed by atoms with van der Waals surface area (Å²) in [7, 11) is -2.87. The van der Waals surface area contributed by atoms with Gasteiger partial charge in [0.2, 0.25) is 0 Å². The molecule has 0 unspecified atom stereocenters. The van der Waals surface area contributed by atoms with Crippen LogP contribution >= 0.6 is 0 Å². The average Bonchev–Trinajstić information content (AvgIpc) is 2.95. The number of methoxy groups -OCH3 is 1. The fraction of sp³-hybridized carbons (Fsp3) is 0.0667. The Bertz CT molecular complexity index is 1130. The van der Waals surface area contributed by atoms with Crippen molar-refractivity contribution in [2.24, 2.45) is 0 Å². The third-order valence-corrected chi connectivity index (χ3v) is 4.73. The molecule has 10 heteroatoms. The number of phenols is 1. The molecule has 9 nitrogen and oxygen atoms in total. The van der Waals surface area contributed by atoms with Crippen LogP contribution in [-0.4, -0.2) is 31.6 Å². The van der Waals surface area contributed by atoms with Crippen molar-refractivity contribution in [2.75, 3.05) is 11.8 Å². The van der Waals surface area contributed by atoms with Crippen LogP contribution in [0.3, 0.4) is 0 Å². The maximum absolute atomic E-state index is 12.4. The van der Waals surface area contributed by atoms with Crippen LogP contribution < -0.4 is 10.5 Å². The highest BCUT2D eigenvalue weighted by Crippen LogP contribution is 2.28. The second-order valence-electron chi connectivity index (χ2n) is 5.00. The molecule has 3 N–H and O–H groups in total. The number of oxazole rings is 1. The number of ether oxygens (including phenoxy) is 1. The van der Waals surface area contributed by atoms with E-state index < -0.39 is 27.5 Å². The van der Waals surface area contributed by atoms with E-state index in [-0.39, 0.29) is 21.7 Å². The van der Waals surface area contributed by atoms with Crippen molar-refractivity contribution in [3.8, 4) is 5.75 Å². The lowest BCUT2D eigenvalue weighted by Crippen LogP contribution is -2.13. The first-order valence-corrected chi connectivity index (χ1v) is 8.35. The summed E-state index contributed by atoms with van der Waals surface area (Å²) in [4.78, 5) is 24.8. The molecule has 0 aliphatic carbocycles. The molecule has 0 aliphatic rings. The lowest BCUT2D eigenvalue weighted by molar-refractivity contribution is 0.0600. The number of aromatic hydroxyl groups is 1. The Morgan fingerprint density at radius 3 is 2.68 bits per heavy atom. The van der Waals surface area contributed by atoms with E-state index in [1.165, 1.54) is 37.4 Å². The molecule has 0 radical (unpaired) electrons. The van der Waals surface area contributed by atoms with Gasteiger partial charge in [0.15, 0.2) is 5.58 Å². The van der Waals surface area contributed by atoms with Gasteiger partial charge in [-0.25, -0.2) is 18.0 Å². The molecular weight excluding hydrogens is 352 g/mol. The fourth-order valence-electron chi connectivity index (χ4n) is 2.16. The monoisotopic (exact) mass is 364 g/mol. The highest BCUT2D eigenvalue weighted by atomic mass is 32.2. The number of H-pyrrole nitrogens is 1. The van der Waals surface area contributed by atoms with Crippen LogP contribution in [0.5, 0.6) is 5.75 Å². The first-order valence-electron chi connectivity index (χ1n) is 6.87. The van der Waals surface area contributed by atoms with Crippen LogP contribution in [0.1, 0.15) is 10.4 Å². The number of fused-ring (bicyclic) bond motifs is 1. The van der Waals surface area contributed by atoms with Gasteiger partial charge in [-0.2, -0.15) is 0 Å². The van der Waals surface area contributed by atoms with Crippen molar-refractivity contribution < 1.29 is 27.5 Å². The number of anilines is 1. The number of carbonyl (C=O) groups is 1. The smallest absolute Gasteiger partial charge is 0.417 e. The predicted molar refractivity (Wildman–Crippen MR) is 87.1 cm³/mol. The number of nitrogens with one attached hydrogen (secondary N) is 2. The average molecular weight is 364 g/mol. The molecule has 0 saturated carbocycles. The molecule has 0 fully saturated rings. The first kappa shape index (κ1) is 16.6. The highest BCUT2D eigenvalue weighted by Gasteiger charge is 2.19. The summed E-state index contributed by atoms with van der Waals surface area (Å²) in [5.41, 5.74) is 0.383. The van der Waals surface area contributed by atoms with Gasteiger partial charge in [-0.15, -0.1) is 0 Å². The van der Waals surface area contributed by atoms with Gasteiger partial charge >= 0.3 is 11.7 Å². The van der Waals surface area contributed by atoms with E-state index in [1.807, 2.05) is 0 Å². The minimum atomic E-state index is -4.06. The first-order chi connectivity index (χ1) is 11.8. The van der Waals surface area contributed by atoms with E-state index in [0.29, 0.717) is 5.52 Å². The number of phenolic OH excluding ortho intramolecular Hbond substituents is 1. The van der Waals surface area contributed by atoms with Crippen molar-refractivity contribution >= 4 is 32.8 Å². The summed E-state index contributed by atoms with van der Waals surface area (Å²) < 4.78 is 36.4. The molecule has 3 aromatic rings. The van der Waals surface area contributed by atoms with E-state index in [4.69, 9.17) is 4.42 Å². The van der Waals surface area contributed by atoms with Gasteiger partial charge in [0, 0.05) is 6.07 Å². The number of aromatic amines is 1. The van der Waals surface area contributed by atoms with Crippen LogP contribution in [0.2, 0.25) is 0 Å². The molecule has 0 amide bonds. The normalized spacial score (nSPS) is 11.4. The Balaban J connectivity index is 1.94. The SMILES string of the molecule is COC(=O)c1ccc(NS(=O)(=O)c2ccc3[nH]c(=O)oc3c2)c(O)c1. The molecule has 25 heavy (non-hydrogen) atoms. The molecule has 0 bridgehead atoms. The van der Waals surface area contributed by atoms with Gasteiger partial charge in [-0.3, -0.25) is 9.71 Å². The summed E-state index contributed by atoms with van der Waals surface area (Å²) in [6.45, 7) is 0. The number of esters is 1. The molecule has 2 aromatic carbocycles. The Morgan fingerprint density at radius 1 is 1.24 bits per heavy atom. The molecule has 1 heterocycles. The zero-order chi connectivity index (χ0) is 18.2. The van der Waals surface area contributed by atoms with Gasteiger partial charge < -0.3 is 14.3 Å². The maximum atomic E-state index is 12.4. The molecule has 0 spiro atoms. The van der Waals surface area contributed by atoms with Crippen LogP contribution in [0.25, 0.3) is 11.1 Å². The van der Waals surface area contributed by atoms with Crippen LogP contribution in [0.15, 0.2) is 50.5 Å². The number of sulfonamides is 1. The number of aromatic nitrogens is 1. The van der Waals surface area contributed by atoms with Gasteiger partial charge in [0.05, 0.1) is 28.8 Å². The Kier molecular flexibility index (Phi) is 3.97. The van der Waals surface area contributed by atoms with Crippen molar-refractivity contribution in [3.05, 3.63) is 52.5 Å². The Hall–Kier alpha value is -3.27. The largest absolute Gasteiger partial charge is 0.506 e. The zero-order valence-electron chi connectivity index (χ0n) is 12.8. The topological polar surface area (TPSA) is 139 Å². The summed E-state index contributed by atoms with van der Waals surface area (Å²) in [5.74, 6) is -1.81. The van der Waals surface area contributed by atoms with E-state index in [9.17, 15) is 23.1 Å². The van der Waals surface area contributed by atoms with Crippen LogP contribution in [0, 0.1) is 0 Å². The van der Waals surface area contributed by atoms with Gasteiger partial charge in [0.1, 0.15) is 5.75 Å². The van der Waals surface area contributed by atoms with E-state index in [2.05, 4.69) is 14.4 Å². The fourth-order valence-corrected chi connectivity index (χ4v) is 3.25. The summed E-state index contributed by atoms with van der Waals surface area (Å²) in [6.07, 6.45) is 0.